The number of hydrogen-bond donors (Lipinski definition) is 0. The smallest absolute Gasteiger partial charge is 0.181 e. The van der Waals surface area contributed by atoms with E-state index in [1.807, 2.05) is 50.2 Å². The summed E-state index contributed by atoms with van der Waals surface area (Å²) in [6.45, 7) is 9.91. The molecule has 0 spiro atoms. The topological polar surface area (TPSA) is 69.7 Å². The zero-order valence-electron chi connectivity index (χ0n) is 16.3. The van der Waals surface area contributed by atoms with Crippen LogP contribution in [0.2, 0.25) is 0 Å². The molecule has 0 aliphatic carbocycles. The molecule has 0 aromatic carbocycles. The van der Waals surface area contributed by atoms with Gasteiger partial charge in [-0.15, -0.1) is 0 Å². The minimum Gasteiger partial charge on any atom is -0.378 e. The Hall–Kier alpha value is -2.45. The highest BCUT2D eigenvalue weighted by atomic mass is 16.5. The maximum Gasteiger partial charge on any atom is 0.181 e. The van der Waals surface area contributed by atoms with Crippen molar-refractivity contribution in [3.63, 3.8) is 0 Å². The average molecular weight is 370 g/mol. The van der Waals surface area contributed by atoms with Crippen molar-refractivity contribution in [1.29, 1.82) is 0 Å². The van der Waals surface area contributed by atoms with Gasteiger partial charge in [0.15, 0.2) is 11.5 Å². The largest absolute Gasteiger partial charge is 0.378 e. The van der Waals surface area contributed by atoms with Crippen LogP contribution in [0.15, 0.2) is 24.8 Å². The van der Waals surface area contributed by atoms with Crippen LogP contribution in [0.3, 0.4) is 0 Å². The van der Waals surface area contributed by atoms with Crippen LogP contribution in [0.1, 0.15) is 19.5 Å². The predicted molar refractivity (Wildman–Crippen MR) is 103 cm³/mol. The molecule has 8 heteroatoms. The van der Waals surface area contributed by atoms with Crippen molar-refractivity contribution in [1.82, 2.24) is 24.1 Å². The first-order valence-electron chi connectivity index (χ1n) is 9.23. The van der Waals surface area contributed by atoms with Crippen LogP contribution in [0, 0.1) is 6.92 Å². The van der Waals surface area contributed by atoms with Gasteiger partial charge >= 0.3 is 0 Å². The molecule has 4 heterocycles. The van der Waals surface area contributed by atoms with E-state index in [0.717, 1.165) is 54.7 Å². The molecular formula is C19H26N6O2. The first-order valence-corrected chi connectivity index (χ1v) is 9.23. The number of ether oxygens (including phenoxy) is 2. The molecule has 1 fully saturated rings. The molecule has 4 rings (SSSR count). The summed E-state index contributed by atoms with van der Waals surface area (Å²) in [5.74, 6) is 0.906. The zero-order valence-corrected chi connectivity index (χ0v) is 16.3. The highest BCUT2D eigenvalue weighted by Crippen LogP contribution is 2.28. The third-order valence-electron chi connectivity index (χ3n) is 5.01. The summed E-state index contributed by atoms with van der Waals surface area (Å²) in [5.41, 5.74) is 3.64. The van der Waals surface area contributed by atoms with E-state index in [1.165, 1.54) is 0 Å². The fourth-order valence-corrected chi connectivity index (χ4v) is 3.45. The summed E-state index contributed by atoms with van der Waals surface area (Å²) in [5, 5.41) is 4.52. The van der Waals surface area contributed by atoms with Crippen LogP contribution in [0.25, 0.3) is 16.9 Å². The Morgan fingerprint density at radius 1 is 1.26 bits per heavy atom. The maximum absolute atomic E-state index is 5.52. The molecule has 0 unspecified atom stereocenters. The van der Waals surface area contributed by atoms with Gasteiger partial charge in [-0.25, -0.2) is 9.97 Å². The zero-order chi connectivity index (χ0) is 19.0. The van der Waals surface area contributed by atoms with E-state index in [2.05, 4.69) is 19.4 Å². The number of fused-ring (bicyclic) bond motifs is 1. The number of hydrogen-bond acceptors (Lipinski definition) is 6. The van der Waals surface area contributed by atoms with E-state index < -0.39 is 0 Å². The Labute approximate surface area is 158 Å². The second-order valence-corrected chi connectivity index (χ2v) is 7.48. The SMILES string of the molecule is COC(C)(C)Cn1cc(-c2c(C)nc3c(N4CCOCC4)nccn23)cn1. The number of morpholine rings is 1. The van der Waals surface area contributed by atoms with Gasteiger partial charge in [0, 0.05) is 44.4 Å². The molecule has 8 nitrogen and oxygen atoms in total. The Kier molecular flexibility index (Phi) is 4.61. The second-order valence-electron chi connectivity index (χ2n) is 7.48. The van der Waals surface area contributed by atoms with E-state index in [-0.39, 0.29) is 5.60 Å². The van der Waals surface area contributed by atoms with E-state index in [4.69, 9.17) is 14.5 Å². The van der Waals surface area contributed by atoms with Gasteiger partial charge in [0.25, 0.3) is 0 Å². The van der Waals surface area contributed by atoms with Gasteiger partial charge in [0.2, 0.25) is 0 Å². The summed E-state index contributed by atoms with van der Waals surface area (Å²) < 4.78 is 15.0. The Morgan fingerprint density at radius 2 is 2.04 bits per heavy atom. The molecule has 0 radical (unpaired) electrons. The third kappa shape index (κ3) is 3.42. The number of rotatable bonds is 5. The number of aromatic nitrogens is 5. The lowest BCUT2D eigenvalue weighted by Gasteiger charge is -2.27. The highest BCUT2D eigenvalue weighted by Gasteiger charge is 2.22. The van der Waals surface area contributed by atoms with Gasteiger partial charge in [-0.2, -0.15) is 5.10 Å². The average Bonchev–Trinajstić information content (AvgIpc) is 3.24. The molecule has 0 amide bonds. The van der Waals surface area contributed by atoms with Crippen LogP contribution >= 0.6 is 0 Å². The van der Waals surface area contributed by atoms with Crippen molar-refractivity contribution < 1.29 is 9.47 Å². The molecule has 0 bridgehead atoms. The lowest BCUT2D eigenvalue weighted by molar-refractivity contribution is 0.00543. The third-order valence-corrected chi connectivity index (χ3v) is 5.01. The maximum atomic E-state index is 5.52. The van der Waals surface area contributed by atoms with Crippen LogP contribution in [-0.4, -0.2) is 63.2 Å². The molecule has 3 aromatic rings. The summed E-state index contributed by atoms with van der Waals surface area (Å²) in [7, 11) is 1.72. The Balaban J connectivity index is 1.73. The minimum atomic E-state index is -0.273. The van der Waals surface area contributed by atoms with Gasteiger partial charge in [-0.05, 0) is 20.8 Å². The predicted octanol–water partition coefficient (Wildman–Crippen LogP) is 2.16. The molecule has 1 aliphatic rings. The van der Waals surface area contributed by atoms with Crippen molar-refractivity contribution in [2.75, 3.05) is 38.3 Å². The van der Waals surface area contributed by atoms with Crippen LogP contribution in [0.5, 0.6) is 0 Å². The van der Waals surface area contributed by atoms with Gasteiger partial charge in [-0.3, -0.25) is 9.08 Å². The molecule has 0 atom stereocenters. The van der Waals surface area contributed by atoms with Crippen molar-refractivity contribution >= 4 is 11.5 Å². The van der Waals surface area contributed by atoms with E-state index in [0.29, 0.717) is 6.54 Å². The second kappa shape index (κ2) is 6.94. The van der Waals surface area contributed by atoms with Crippen LogP contribution in [-0.2, 0) is 16.0 Å². The lowest BCUT2D eigenvalue weighted by Crippen LogP contribution is -2.37. The molecule has 0 N–H and O–H groups in total. The van der Waals surface area contributed by atoms with E-state index in [1.54, 1.807) is 7.11 Å². The summed E-state index contributed by atoms with van der Waals surface area (Å²) in [6, 6.07) is 0. The Bertz CT molecular complexity index is 939. The summed E-state index contributed by atoms with van der Waals surface area (Å²) >= 11 is 0. The van der Waals surface area contributed by atoms with Gasteiger partial charge in [0.1, 0.15) is 0 Å². The number of anilines is 1. The van der Waals surface area contributed by atoms with Gasteiger partial charge < -0.3 is 14.4 Å². The number of methoxy groups -OCH3 is 1. The minimum absolute atomic E-state index is 0.273. The monoisotopic (exact) mass is 370 g/mol. The molecule has 1 aliphatic heterocycles. The van der Waals surface area contributed by atoms with E-state index >= 15 is 0 Å². The van der Waals surface area contributed by atoms with Crippen molar-refractivity contribution in [3.8, 4) is 11.3 Å². The van der Waals surface area contributed by atoms with Gasteiger partial charge in [0.05, 0.1) is 42.9 Å². The quantitative estimate of drug-likeness (QED) is 0.686. The summed E-state index contributed by atoms with van der Waals surface area (Å²) in [6.07, 6.45) is 7.73. The first kappa shape index (κ1) is 17.9. The lowest BCUT2D eigenvalue weighted by atomic mass is 10.1. The standard InChI is InChI=1S/C19H26N6O2/c1-14-16(15-11-21-24(12-15)13-19(2,3)26-4)25-6-5-20-17(18(25)22-14)23-7-9-27-10-8-23/h5-6,11-12H,7-10,13H2,1-4H3. The summed E-state index contributed by atoms with van der Waals surface area (Å²) in [4.78, 5) is 11.6. The fourth-order valence-electron chi connectivity index (χ4n) is 3.45. The fraction of sp³-hybridized carbons (Fsp3) is 0.526. The first-order chi connectivity index (χ1) is 13.0. The van der Waals surface area contributed by atoms with Crippen molar-refractivity contribution in [2.45, 2.75) is 32.9 Å². The van der Waals surface area contributed by atoms with E-state index in [9.17, 15) is 0 Å². The van der Waals surface area contributed by atoms with Crippen LogP contribution in [0.4, 0.5) is 5.82 Å². The Morgan fingerprint density at radius 3 is 2.78 bits per heavy atom. The van der Waals surface area contributed by atoms with Crippen molar-refractivity contribution in [3.05, 3.63) is 30.5 Å². The van der Waals surface area contributed by atoms with Crippen molar-refractivity contribution in [2.24, 2.45) is 0 Å². The molecule has 144 valence electrons. The van der Waals surface area contributed by atoms with Crippen LogP contribution < -0.4 is 4.90 Å². The molecule has 1 saturated heterocycles. The molecular weight excluding hydrogens is 344 g/mol. The normalized spacial score (nSPS) is 15.6. The number of nitrogens with zero attached hydrogens (tertiary/aromatic N) is 6. The van der Waals surface area contributed by atoms with Gasteiger partial charge in [-0.1, -0.05) is 0 Å². The molecule has 3 aromatic heterocycles. The number of aryl methyl sites for hydroxylation is 1. The molecule has 0 saturated carbocycles. The number of imidazole rings is 1. The molecule has 27 heavy (non-hydrogen) atoms. The highest BCUT2D eigenvalue weighted by molar-refractivity contribution is 5.73.